The lowest BCUT2D eigenvalue weighted by molar-refractivity contribution is -0.129. The van der Waals surface area contributed by atoms with E-state index in [4.69, 9.17) is 0 Å². The van der Waals surface area contributed by atoms with E-state index in [0.717, 1.165) is 12.3 Å². The fraction of sp³-hybridized carbons (Fsp3) is 0.900. The predicted molar refractivity (Wildman–Crippen MR) is 44.2 cm³/mol. The molecule has 11 heavy (non-hydrogen) atoms. The van der Waals surface area contributed by atoms with E-state index in [9.17, 15) is 4.79 Å². The second-order valence-electron chi connectivity index (χ2n) is 4.27. The van der Waals surface area contributed by atoms with Gasteiger partial charge in [0.2, 0.25) is 0 Å². The van der Waals surface area contributed by atoms with E-state index >= 15 is 0 Å². The zero-order valence-electron chi connectivity index (χ0n) is 7.18. The number of Topliss-reactive ketones (excluding diaryl/α,β-unsaturated/α-hetero) is 1. The maximum absolute atomic E-state index is 11.4. The Balaban J connectivity index is 2.11. The molecule has 0 amide bonds. The Labute approximate surface area is 68.2 Å². The lowest BCUT2D eigenvalue weighted by Gasteiger charge is -2.37. The largest absolute Gasteiger partial charge is 0.299 e. The standard InChI is InChI=1S/C10H16O/c1-7-5-10(11)9-4-2-3-8(7)6-9/h7-9H,2-6H2,1H3. The monoisotopic (exact) mass is 152 g/mol. The highest BCUT2D eigenvalue weighted by Crippen LogP contribution is 2.40. The van der Waals surface area contributed by atoms with Gasteiger partial charge in [0.1, 0.15) is 5.78 Å². The van der Waals surface area contributed by atoms with Crippen LogP contribution in [0.1, 0.15) is 39.0 Å². The third-order valence-electron chi connectivity index (χ3n) is 3.50. The van der Waals surface area contributed by atoms with Gasteiger partial charge in [-0.05, 0) is 24.7 Å². The van der Waals surface area contributed by atoms with E-state index in [1.165, 1.54) is 25.7 Å². The van der Waals surface area contributed by atoms with Gasteiger partial charge in [0.15, 0.2) is 0 Å². The fourth-order valence-electron chi connectivity index (χ4n) is 2.69. The molecular weight excluding hydrogens is 136 g/mol. The first-order valence-electron chi connectivity index (χ1n) is 4.80. The minimum absolute atomic E-state index is 0.463. The van der Waals surface area contributed by atoms with Crippen molar-refractivity contribution in [2.75, 3.05) is 0 Å². The summed E-state index contributed by atoms with van der Waals surface area (Å²) in [7, 11) is 0. The molecule has 2 saturated carbocycles. The van der Waals surface area contributed by atoms with Gasteiger partial charge in [-0.2, -0.15) is 0 Å². The third-order valence-corrected chi connectivity index (χ3v) is 3.50. The van der Waals surface area contributed by atoms with Crippen LogP contribution in [0.3, 0.4) is 0 Å². The van der Waals surface area contributed by atoms with Gasteiger partial charge in [-0.1, -0.05) is 19.8 Å². The number of hydrogen-bond donors (Lipinski definition) is 0. The van der Waals surface area contributed by atoms with Crippen molar-refractivity contribution in [2.24, 2.45) is 17.8 Å². The Morgan fingerprint density at radius 3 is 3.00 bits per heavy atom. The molecule has 0 saturated heterocycles. The Bertz CT molecular complexity index is 174. The zero-order valence-corrected chi connectivity index (χ0v) is 7.18. The van der Waals surface area contributed by atoms with Crippen LogP contribution < -0.4 is 0 Å². The first kappa shape index (κ1) is 7.33. The van der Waals surface area contributed by atoms with Crippen LogP contribution in [0.4, 0.5) is 0 Å². The molecule has 0 spiro atoms. The highest BCUT2D eigenvalue weighted by atomic mass is 16.1. The molecule has 2 bridgehead atoms. The second kappa shape index (κ2) is 2.62. The van der Waals surface area contributed by atoms with Gasteiger partial charge >= 0.3 is 0 Å². The van der Waals surface area contributed by atoms with Crippen LogP contribution in [-0.4, -0.2) is 5.78 Å². The zero-order chi connectivity index (χ0) is 7.84. The molecule has 3 unspecified atom stereocenters. The second-order valence-corrected chi connectivity index (χ2v) is 4.27. The highest BCUT2D eigenvalue weighted by molar-refractivity contribution is 5.82. The van der Waals surface area contributed by atoms with Crippen LogP contribution in [0, 0.1) is 17.8 Å². The van der Waals surface area contributed by atoms with E-state index in [2.05, 4.69) is 6.92 Å². The van der Waals surface area contributed by atoms with E-state index in [1.54, 1.807) is 0 Å². The molecule has 0 aromatic rings. The summed E-state index contributed by atoms with van der Waals surface area (Å²) in [5.41, 5.74) is 0. The molecule has 2 fully saturated rings. The van der Waals surface area contributed by atoms with Gasteiger partial charge in [0, 0.05) is 12.3 Å². The number of hydrogen-bond acceptors (Lipinski definition) is 1. The number of rotatable bonds is 0. The summed E-state index contributed by atoms with van der Waals surface area (Å²) < 4.78 is 0. The Hall–Kier alpha value is -0.330. The van der Waals surface area contributed by atoms with Gasteiger partial charge in [-0.15, -0.1) is 0 Å². The molecule has 0 aromatic carbocycles. The van der Waals surface area contributed by atoms with Crippen molar-refractivity contribution in [1.82, 2.24) is 0 Å². The van der Waals surface area contributed by atoms with Crippen molar-refractivity contribution in [3.05, 3.63) is 0 Å². The summed E-state index contributed by atoms with van der Waals surface area (Å²) in [5.74, 6) is 2.57. The first-order chi connectivity index (χ1) is 5.27. The predicted octanol–water partition coefficient (Wildman–Crippen LogP) is 2.40. The summed E-state index contributed by atoms with van der Waals surface area (Å²) >= 11 is 0. The van der Waals surface area contributed by atoms with Gasteiger partial charge in [-0.3, -0.25) is 4.79 Å². The van der Waals surface area contributed by atoms with Crippen LogP contribution in [-0.2, 0) is 4.79 Å². The first-order valence-corrected chi connectivity index (χ1v) is 4.80. The topological polar surface area (TPSA) is 17.1 Å². The summed E-state index contributed by atoms with van der Waals surface area (Å²) in [6.07, 6.45) is 5.94. The number of ketones is 1. The van der Waals surface area contributed by atoms with Crippen molar-refractivity contribution in [1.29, 1.82) is 0 Å². The molecular formula is C10H16O. The maximum atomic E-state index is 11.4. The van der Waals surface area contributed by atoms with Gasteiger partial charge in [0.25, 0.3) is 0 Å². The molecule has 0 heterocycles. The number of carbonyl (C=O) groups excluding carboxylic acids is 1. The van der Waals surface area contributed by atoms with Crippen molar-refractivity contribution in [3.8, 4) is 0 Å². The maximum Gasteiger partial charge on any atom is 0.136 e. The van der Waals surface area contributed by atoms with E-state index in [0.29, 0.717) is 17.6 Å². The van der Waals surface area contributed by atoms with Gasteiger partial charge < -0.3 is 0 Å². The van der Waals surface area contributed by atoms with Crippen LogP contribution in [0.25, 0.3) is 0 Å². The quantitative estimate of drug-likeness (QED) is 0.521. The SMILES string of the molecule is CC1CC(=O)C2CCCC1C2. The Kier molecular flexibility index (Phi) is 1.74. The molecule has 0 N–H and O–H groups in total. The summed E-state index contributed by atoms with van der Waals surface area (Å²) in [5, 5.41) is 0. The molecule has 2 aliphatic carbocycles. The summed E-state index contributed by atoms with van der Waals surface area (Å²) in [6.45, 7) is 2.24. The van der Waals surface area contributed by atoms with Crippen molar-refractivity contribution in [3.63, 3.8) is 0 Å². The minimum Gasteiger partial charge on any atom is -0.299 e. The third kappa shape index (κ3) is 1.21. The van der Waals surface area contributed by atoms with Crippen molar-refractivity contribution < 1.29 is 4.79 Å². The Morgan fingerprint density at radius 2 is 2.18 bits per heavy atom. The highest BCUT2D eigenvalue weighted by Gasteiger charge is 2.35. The fourth-order valence-corrected chi connectivity index (χ4v) is 2.69. The van der Waals surface area contributed by atoms with Crippen LogP contribution in [0.2, 0.25) is 0 Å². The Morgan fingerprint density at radius 1 is 1.36 bits per heavy atom. The van der Waals surface area contributed by atoms with Crippen molar-refractivity contribution >= 4 is 5.78 Å². The molecule has 0 aromatic heterocycles. The normalized spacial score (nSPS) is 44.1. The molecule has 62 valence electrons. The molecule has 0 aliphatic heterocycles. The van der Waals surface area contributed by atoms with Gasteiger partial charge in [0.05, 0.1) is 0 Å². The van der Waals surface area contributed by atoms with Gasteiger partial charge in [-0.25, -0.2) is 0 Å². The van der Waals surface area contributed by atoms with Crippen LogP contribution >= 0.6 is 0 Å². The smallest absolute Gasteiger partial charge is 0.136 e. The molecule has 1 nitrogen and oxygen atoms in total. The van der Waals surface area contributed by atoms with E-state index in [-0.39, 0.29) is 0 Å². The lowest BCUT2D eigenvalue weighted by atomic mass is 9.67. The molecule has 3 atom stereocenters. The van der Waals surface area contributed by atoms with Crippen molar-refractivity contribution in [2.45, 2.75) is 39.0 Å². The molecule has 2 rings (SSSR count). The number of carbonyl (C=O) groups is 1. The van der Waals surface area contributed by atoms with E-state index in [1.807, 2.05) is 0 Å². The van der Waals surface area contributed by atoms with Crippen LogP contribution in [0.15, 0.2) is 0 Å². The number of fused-ring (bicyclic) bond motifs is 2. The summed E-state index contributed by atoms with van der Waals surface area (Å²) in [6, 6.07) is 0. The molecule has 2 aliphatic rings. The molecule has 1 heteroatoms. The minimum atomic E-state index is 0.463. The van der Waals surface area contributed by atoms with E-state index < -0.39 is 0 Å². The summed E-state index contributed by atoms with van der Waals surface area (Å²) in [4.78, 5) is 11.4. The van der Waals surface area contributed by atoms with Crippen LogP contribution in [0.5, 0.6) is 0 Å². The average molecular weight is 152 g/mol. The average Bonchev–Trinajstić information content (AvgIpc) is 2.02. The lowest BCUT2D eigenvalue weighted by Crippen LogP contribution is -2.33. The molecule has 0 radical (unpaired) electrons.